The van der Waals surface area contributed by atoms with E-state index in [0.717, 1.165) is 6.07 Å². The molecule has 0 unspecified atom stereocenters. The number of carbonyl (C=O) groups is 1. The molecule has 0 radical (unpaired) electrons. The quantitative estimate of drug-likeness (QED) is 0.834. The van der Waals surface area contributed by atoms with Crippen LogP contribution in [0.15, 0.2) is 16.6 Å². The number of benzene rings is 1. The molecule has 1 aliphatic rings. The maximum Gasteiger partial charge on any atom is 0.253 e. The Kier molecular flexibility index (Phi) is 3.75. The molecule has 7 heteroatoms. The summed E-state index contributed by atoms with van der Waals surface area (Å²) in [6, 6.07) is 2.31. The van der Waals surface area contributed by atoms with E-state index in [-0.39, 0.29) is 41.0 Å². The molecule has 0 saturated heterocycles. The van der Waals surface area contributed by atoms with Gasteiger partial charge >= 0.3 is 0 Å². The number of alkyl halides is 2. The van der Waals surface area contributed by atoms with Gasteiger partial charge in [-0.05, 0) is 34.0 Å². The molecule has 1 aliphatic carbocycles. The van der Waals surface area contributed by atoms with Crippen LogP contribution < -0.4 is 11.1 Å². The number of rotatable bonds is 3. The van der Waals surface area contributed by atoms with Crippen LogP contribution in [0, 0.1) is 11.7 Å². The normalized spacial score (nSPS) is 17.9. The van der Waals surface area contributed by atoms with Crippen molar-refractivity contribution in [1.82, 2.24) is 5.32 Å². The predicted molar refractivity (Wildman–Crippen MR) is 68.5 cm³/mol. The van der Waals surface area contributed by atoms with Crippen molar-refractivity contribution < 1.29 is 18.0 Å². The Morgan fingerprint density at radius 2 is 2.11 bits per heavy atom. The average molecular weight is 337 g/mol. The lowest BCUT2D eigenvalue weighted by Gasteiger charge is -2.34. The first kappa shape index (κ1) is 14.2. The van der Waals surface area contributed by atoms with Gasteiger partial charge in [0.15, 0.2) is 0 Å². The zero-order valence-electron chi connectivity index (χ0n) is 9.85. The highest BCUT2D eigenvalue weighted by Crippen LogP contribution is 2.41. The molecular formula is C12H12BrF3N2O. The van der Waals surface area contributed by atoms with Crippen LogP contribution >= 0.6 is 15.9 Å². The molecule has 2 rings (SSSR count). The molecule has 1 saturated carbocycles. The molecule has 0 aromatic heterocycles. The first-order valence-corrected chi connectivity index (χ1v) is 6.48. The average Bonchev–Trinajstić information content (AvgIpc) is 2.28. The third-order valence-electron chi connectivity index (χ3n) is 3.06. The lowest BCUT2D eigenvalue weighted by molar-refractivity contribution is -0.108. The van der Waals surface area contributed by atoms with Crippen molar-refractivity contribution in [3.05, 3.63) is 28.0 Å². The second kappa shape index (κ2) is 5.03. The van der Waals surface area contributed by atoms with Crippen molar-refractivity contribution >= 4 is 27.5 Å². The number of anilines is 1. The molecule has 0 atom stereocenters. The van der Waals surface area contributed by atoms with E-state index in [2.05, 4.69) is 21.2 Å². The van der Waals surface area contributed by atoms with E-state index in [1.165, 1.54) is 6.07 Å². The fourth-order valence-corrected chi connectivity index (χ4v) is 2.36. The highest BCUT2D eigenvalue weighted by atomic mass is 79.9. The third-order valence-corrected chi connectivity index (χ3v) is 3.67. The zero-order valence-corrected chi connectivity index (χ0v) is 11.4. The van der Waals surface area contributed by atoms with Crippen molar-refractivity contribution in [1.29, 1.82) is 0 Å². The summed E-state index contributed by atoms with van der Waals surface area (Å²) in [7, 11) is 0. The summed E-state index contributed by atoms with van der Waals surface area (Å²) in [6.07, 6.45) is -0.425. The zero-order chi connectivity index (χ0) is 14.2. The van der Waals surface area contributed by atoms with Crippen LogP contribution in [0.25, 0.3) is 0 Å². The second-order valence-corrected chi connectivity index (χ2v) is 5.55. The standard InChI is InChI=1S/C12H12BrF3N2O/c13-8-1-7(10(17)2-9(8)14)11(19)18-5-6-3-12(15,16)4-6/h1-2,6H,3-5,17H2,(H,18,19). The molecule has 104 valence electrons. The fraction of sp³-hybridized carbons (Fsp3) is 0.417. The van der Waals surface area contributed by atoms with Crippen molar-refractivity contribution in [3.8, 4) is 0 Å². The van der Waals surface area contributed by atoms with Gasteiger partial charge in [-0.1, -0.05) is 0 Å². The summed E-state index contributed by atoms with van der Waals surface area (Å²) < 4.78 is 38.5. The second-order valence-electron chi connectivity index (χ2n) is 4.69. The number of halogens is 4. The van der Waals surface area contributed by atoms with Gasteiger partial charge in [0, 0.05) is 25.1 Å². The topological polar surface area (TPSA) is 55.1 Å². The molecule has 3 N–H and O–H groups in total. The Labute approximate surface area is 116 Å². The summed E-state index contributed by atoms with van der Waals surface area (Å²) in [5, 5.41) is 2.53. The monoisotopic (exact) mass is 336 g/mol. The van der Waals surface area contributed by atoms with Crippen LogP contribution in [-0.4, -0.2) is 18.4 Å². The van der Waals surface area contributed by atoms with Crippen LogP contribution in [0.1, 0.15) is 23.2 Å². The summed E-state index contributed by atoms with van der Waals surface area (Å²) in [4.78, 5) is 11.8. The molecule has 0 spiro atoms. The first-order valence-electron chi connectivity index (χ1n) is 5.69. The van der Waals surface area contributed by atoms with E-state index >= 15 is 0 Å². The lowest BCUT2D eigenvalue weighted by Crippen LogP contribution is -2.42. The summed E-state index contributed by atoms with van der Waals surface area (Å²) in [5.41, 5.74) is 5.68. The Bertz CT molecular complexity index is 514. The number of amides is 1. The Morgan fingerprint density at radius 3 is 2.68 bits per heavy atom. The van der Waals surface area contributed by atoms with E-state index in [1.807, 2.05) is 0 Å². The number of hydrogen-bond acceptors (Lipinski definition) is 2. The number of nitrogen functional groups attached to an aromatic ring is 1. The molecule has 0 bridgehead atoms. The van der Waals surface area contributed by atoms with E-state index in [4.69, 9.17) is 5.73 Å². The summed E-state index contributed by atoms with van der Waals surface area (Å²) >= 11 is 2.96. The van der Waals surface area contributed by atoms with Crippen LogP contribution in [0.5, 0.6) is 0 Å². The Morgan fingerprint density at radius 1 is 1.47 bits per heavy atom. The number of hydrogen-bond donors (Lipinski definition) is 2. The third kappa shape index (κ3) is 3.20. The van der Waals surface area contributed by atoms with Crippen LogP contribution in [0.3, 0.4) is 0 Å². The van der Waals surface area contributed by atoms with E-state index in [0.29, 0.717) is 0 Å². The summed E-state index contributed by atoms with van der Waals surface area (Å²) in [5.74, 6) is -3.88. The molecule has 1 aromatic carbocycles. The number of carbonyl (C=O) groups excluding carboxylic acids is 1. The molecule has 0 heterocycles. The minimum Gasteiger partial charge on any atom is -0.398 e. The summed E-state index contributed by atoms with van der Waals surface area (Å²) in [6.45, 7) is 0.170. The molecule has 1 fully saturated rings. The smallest absolute Gasteiger partial charge is 0.253 e. The van der Waals surface area contributed by atoms with Gasteiger partial charge in [0.1, 0.15) is 5.82 Å². The number of nitrogens with one attached hydrogen (secondary N) is 1. The number of nitrogens with two attached hydrogens (primary N) is 1. The van der Waals surface area contributed by atoms with Crippen LogP contribution in [0.4, 0.5) is 18.9 Å². The van der Waals surface area contributed by atoms with Crippen LogP contribution in [-0.2, 0) is 0 Å². The Balaban J connectivity index is 1.95. The maximum atomic E-state index is 13.1. The molecule has 1 aromatic rings. The fourth-order valence-electron chi connectivity index (χ4n) is 2.02. The van der Waals surface area contributed by atoms with Crippen molar-refractivity contribution in [3.63, 3.8) is 0 Å². The molecule has 19 heavy (non-hydrogen) atoms. The minimum atomic E-state index is -2.60. The SMILES string of the molecule is Nc1cc(F)c(Br)cc1C(=O)NCC1CC(F)(F)C1. The van der Waals surface area contributed by atoms with Gasteiger partial charge in [-0.25, -0.2) is 13.2 Å². The van der Waals surface area contributed by atoms with Gasteiger partial charge in [0.05, 0.1) is 10.0 Å². The van der Waals surface area contributed by atoms with Crippen molar-refractivity contribution in [2.75, 3.05) is 12.3 Å². The van der Waals surface area contributed by atoms with Gasteiger partial charge < -0.3 is 11.1 Å². The molecule has 1 amide bonds. The van der Waals surface area contributed by atoms with E-state index < -0.39 is 17.6 Å². The predicted octanol–water partition coefficient (Wildman–Crippen LogP) is 2.95. The van der Waals surface area contributed by atoms with E-state index in [9.17, 15) is 18.0 Å². The van der Waals surface area contributed by atoms with Gasteiger partial charge in [-0.15, -0.1) is 0 Å². The van der Waals surface area contributed by atoms with Crippen LogP contribution in [0.2, 0.25) is 0 Å². The Hall–Kier alpha value is -1.24. The van der Waals surface area contributed by atoms with Crippen molar-refractivity contribution in [2.45, 2.75) is 18.8 Å². The molecular weight excluding hydrogens is 325 g/mol. The van der Waals surface area contributed by atoms with Gasteiger partial charge in [-0.2, -0.15) is 0 Å². The van der Waals surface area contributed by atoms with Gasteiger partial charge in [0.25, 0.3) is 5.91 Å². The maximum absolute atomic E-state index is 13.1. The minimum absolute atomic E-state index is 0.0112. The first-order chi connectivity index (χ1) is 8.78. The van der Waals surface area contributed by atoms with E-state index in [1.54, 1.807) is 0 Å². The highest BCUT2D eigenvalue weighted by molar-refractivity contribution is 9.10. The highest BCUT2D eigenvalue weighted by Gasteiger charge is 2.45. The largest absolute Gasteiger partial charge is 0.398 e. The molecule has 3 nitrogen and oxygen atoms in total. The van der Waals surface area contributed by atoms with Crippen molar-refractivity contribution in [2.24, 2.45) is 5.92 Å². The van der Waals surface area contributed by atoms with Gasteiger partial charge in [0.2, 0.25) is 5.92 Å². The lowest BCUT2D eigenvalue weighted by atomic mass is 9.81. The molecule has 0 aliphatic heterocycles. The van der Waals surface area contributed by atoms with Gasteiger partial charge in [-0.3, -0.25) is 4.79 Å².